The van der Waals surface area contributed by atoms with Crippen LogP contribution in [0.3, 0.4) is 0 Å². The van der Waals surface area contributed by atoms with Gasteiger partial charge in [-0.3, -0.25) is 14.6 Å². The van der Waals surface area contributed by atoms with E-state index in [9.17, 15) is 14.4 Å². The largest absolute Gasteiger partial charge is 0.486 e. The molecule has 0 saturated carbocycles. The summed E-state index contributed by atoms with van der Waals surface area (Å²) in [4.78, 5) is 49.3. The molecule has 62 heavy (non-hydrogen) atoms. The first kappa shape index (κ1) is 39.0. The smallest absolute Gasteiger partial charge is 0.410 e. The van der Waals surface area contributed by atoms with Crippen molar-refractivity contribution in [2.24, 2.45) is 14.1 Å². The van der Waals surface area contributed by atoms with Crippen molar-refractivity contribution in [1.29, 1.82) is 0 Å². The van der Waals surface area contributed by atoms with Gasteiger partial charge in [0.05, 0.1) is 39.3 Å². The van der Waals surface area contributed by atoms with Crippen molar-refractivity contribution in [2.75, 3.05) is 39.4 Å². The number of carbonyl (C=O) groups is 3. The van der Waals surface area contributed by atoms with Gasteiger partial charge in [0.25, 0.3) is 11.8 Å². The summed E-state index contributed by atoms with van der Waals surface area (Å²) in [7, 11) is 4.12. The number of fused-ring (bicyclic) bond motifs is 11. The van der Waals surface area contributed by atoms with Crippen LogP contribution < -0.4 is 25.4 Å². The van der Waals surface area contributed by atoms with Gasteiger partial charge in [-0.25, -0.2) is 9.78 Å². The van der Waals surface area contributed by atoms with E-state index in [1.54, 1.807) is 4.90 Å². The maximum Gasteiger partial charge on any atom is 0.410 e. The Balaban J connectivity index is 0.000000140. The Kier molecular flexibility index (Phi) is 8.70. The highest BCUT2D eigenvalue weighted by atomic mass is 35.5. The molecule has 2 aliphatic carbocycles. The van der Waals surface area contributed by atoms with E-state index in [0.717, 1.165) is 119 Å². The van der Waals surface area contributed by atoms with E-state index in [4.69, 9.17) is 30.8 Å². The van der Waals surface area contributed by atoms with Crippen molar-refractivity contribution < 1.29 is 28.6 Å². The predicted molar refractivity (Wildman–Crippen MR) is 232 cm³/mol. The zero-order valence-electron chi connectivity index (χ0n) is 35.6. The number of pyridine rings is 2. The second-order valence-corrected chi connectivity index (χ2v) is 19.3. The summed E-state index contributed by atoms with van der Waals surface area (Å²) in [6.45, 7) is 9.27. The molecule has 3 amide bonds. The number of benzene rings is 1. The van der Waals surface area contributed by atoms with E-state index >= 15 is 0 Å². The van der Waals surface area contributed by atoms with Crippen LogP contribution in [0, 0.1) is 0 Å². The fraction of sp³-hybridized carbons (Fsp3) is 0.426. The second-order valence-electron chi connectivity index (χ2n) is 18.9. The number of carbonyl (C=O) groups excluding carboxylic acids is 3. The molecule has 4 aromatic heterocycles. The number of aryl methyl sites for hydroxylation is 2. The minimum atomic E-state index is -0.538. The number of likely N-dealkylation sites (tertiary alicyclic amines) is 1. The molecule has 0 radical (unpaired) electrons. The Morgan fingerprint density at radius 1 is 0.774 bits per heavy atom. The molecule has 14 nitrogen and oxygen atoms in total. The van der Waals surface area contributed by atoms with Gasteiger partial charge in [-0.1, -0.05) is 11.6 Å². The van der Waals surface area contributed by atoms with E-state index in [1.165, 1.54) is 16.7 Å². The molecule has 2 saturated heterocycles. The average molecular weight is 857 g/mol. The number of hydrogen-bond acceptors (Lipinski definition) is 9. The molecule has 2 fully saturated rings. The van der Waals surface area contributed by atoms with Crippen LogP contribution in [0.5, 0.6) is 11.5 Å². The van der Waals surface area contributed by atoms with Crippen LogP contribution in [-0.2, 0) is 57.4 Å². The summed E-state index contributed by atoms with van der Waals surface area (Å²) in [6.07, 6.45) is 8.46. The van der Waals surface area contributed by atoms with Gasteiger partial charge in [0.15, 0.2) is 11.5 Å². The Bertz CT molecular complexity index is 2770. The number of rotatable bonds is 1. The van der Waals surface area contributed by atoms with Gasteiger partial charge in [-0.05, 0) is 99.0 Å². The summed E-state index contributed by atoms with van der Waals surface area (Å²) >= 11 is 6.17. The third-order valence-electron chi connectivity index (χ3n) is 13.6. The molecule has 12 rings (SSSR count). The third-order valence-corrected chi connectivity index (χ3v) is 13.8. The first-order valence-electron chi connectivity index (χ1n) is 21.5. The molecular formula is C47H49ClN8O6. The quantitative estimate of drug-likeness (QED) is 0.189. The highest BCUT2D eigenvalue weighted by Crippen LogP contribution is 2.45. The molecule has 5 aromatic rings. The standard InChI is InChI=1S/C25H24N4O3.C22H25ClN4O3/c1-29-19-10-25(12-26-13-25)28-24(30)22(19)16-4-2-15-11-27-18(9-17(15)23(16)29)14-3-5-20-21(8-14)32-7-6-31-20;1-21(2,3)30-20(29)27-10-22(11-27)8-15-17(19(28)25-22)13-6-5-12-9-24-16(23)7-14(12)18(13)26(15)4/h3,5,8-9,11,26H,2,4,6-7,10,12-13H2,1H3,(H,28,30);7,9H,5-6,8,10-11H2,1-4H3,(H,25,28). The number of aromatic nitrogens is 4. The van der Waals surface area contributed by atoms with E-state index in [-0.39, 0.29) is 23.4 Å². The maximum absolute atomic E-state index is 13.2. The predicted octanol–water partition coefficient (Wildman–Crippen LogP) is 5.37. The van der Waals surface area contributed by atoms with Crippen LogP contribution in [0.2, 0.25) is 5.15 Å². The van der Waals surface area contributed by atoms with Crippen LogP contribution >= 0.6 is 11.6 Å². The van der Waals surface area contributed by atoms with Crippen molar-refractivity contribution in [1.82, 2.24) is 40.0 Å². The van der Waals surface area contributed by atoms with Gasteiger partial charge >= 0.3 is 6.09 Å². The Morgan fingerprint density at radius 3 is 1.97 bits per heavy atom. The third kappa shape index (κ3) is 6.19. The molecule has 5 aliphatic heterocycles. The zero-order chi connectivity index (χ0) is 42.9. The van der Waals surface area contributed by atoms with Crippen LogP contribution in [-0.4, -0.2) is 98.0 Å². The summed E-state index contributed by atoms with van der Waals surface area (Å²) in [5.41, 5.74) is 13.7. The van der Waals surface area contributed by atoms with Crippen molar-refractivity contribution in [3.8, 4) is 45.3 Å². The van der Waals surface area contributed by atoms with Crippen LogP contribution in [0.1, 0.15) is 75.1 Å². The van der Waals surface area contributed by atoms with Gasteiger partial charge in [0.2, 0.25) is 0 Å². The van der Waals surface area contributed by atoms with Gasteiger partial charge in [-0.2, -0.15) is 0 Å². The number of ether oxygens (including phenoxy) is 3. The molecule has 9 heterocycles. The topological polar surface area (TPSA) is 154 Å². The van der Waals surface area contributed by atoms with Gasteiger partial charge in [0.1, 0.15) is 24.0 Å². The number of nitrogens with one attached hydrogen (secondary N) is 3. The van der Waals surface area contributed by atoms with Gasteiger partial charge in [-0.15, -0.1) is 0 Å². The Hall–Kier alpha value is -5.86. The Labute approximate surface area is 364 Å². The molecule has 7 aliphatic rings. The number of amides is 3. The van der Waals surface area contributed by atoms with Crippen LogP contribution in [0.4, 0.5) is 4.79 Å². The minimum absolute atomic E-state index is 0.0551. The van der Waals surface area contributed by atoms with E-state index < -0.39 is 11.1 Å². The lowest BCUT2D eigenvalue weighted by Crippen LogP contribution is -2.74. The first-order valence-corrected chi connectivity index (χ1v) is 21.9. The fourth-order valence-corrected chi connectivity index (χ4v) is 10.8. The summed E-state index contributed by atoms with van der Waals surface area (Å²) in [5, 5.41) is 10.2. The fourth-order valence-electron chi connectivity index (χ4n) is 10.7. The Morgan fingerprint density at radius 2 is 1.35 bits per heavy atom. The highest BCUT2D eigenvalue weighted by Gasteiger charge is 2.52. The lowest BCUT2D eigenvalue weighted by molar-refractivity contribution is -0.0170. The zero-order valence-corrected chi connectivity index (χ0v) is 36.3. The monoisotopic (exact) mass is 856 g/mol. The SMILES string of the molecule is Cn1c2c(c3c1-c1cc(-c4ccc5c(c4)OCCO5)ncc1CC3)C(=O)NC1(CNC1)C2.Cn1c2c(c3c1-c1cc(Cl)ncc1CC3)C(=O)NC1(C2)CN(C(=O)OC(C)(C)C)C1. The molecule has 0 atom stereocenters. The average Bonchev–Trinajstić information content (AvgIpc) is 3.68. The molecule has 320 valence electrons. The molecule has 15 heteroatoms. The number of hydrogen-bond donors (Lipinski definition) is 3. The first-order chi connectivity index (χ1) is 29.7. The lowest BCUT2D eigenvalue weighted by atomic mass is 9.80. The molecular weight excluding hydrogens is 808 g/mol. The number of nitrogens with zero attached hydrogens (tertiary/aromatic N) is 5. The lowest BCUT2D eigenvalue weighted by Gasteiger charge is -2.51. The molecule has 0 bridgehead atoms. The van der Waals surface area contributed by atoms with Gasteiger partial charge < -0.3 is 44.2 Å². The summed E-state index contributed by atoms with van der Waals surface area (Å²) in [6, 6.07) is 10.0. The van der Waals surface area contributed by atoms with E-state index in [1.807, 2.05) is 64.5 Å². The second kappa shape index (κ2) is 13.8. The van der Waals surface area contributed by atoms with Crippen molar-refractivity contribution in [2.45, 2.75) is 76.0 Å². The van der Waals surface area contributed by atoms with Crippen molar-refractivity contribution >= 4 is 29.5 Å². The highest BCUT2D eigenvalue weighted by molar-refractivity contribution is 6.29. The minimum Gasteiger partial charge on any atom is -0.486 e. The molecule has 2 spiro atoms. The molecule has 3 N–H and O–H groups in total. The van der Waals surface area contributed by atoms with E-state index in [0.29, 0.717) is 37.9 Å². The summed E-state index contributed by atoms with van der Waals surface area (Å²) < 4.78 is 21.3. The van der Waals surface area contributed by atoms with Crippen molar-refractivity contribution in [3.63, 3.8) is 0 Å². The molecule has 1 aromatic carbocycles. The number of halogens is 1. The van der Waals surface area contributed by atoms with E-state index in [2.05, 4.69) is 43.2 Å². The van der Waals surface area contributed by atoms with Crippen LogP contribution in [0.25, 0.3) is 33.8 Å². The van der Waals surface area contributed by atoms with Gasteiger partial charge in [0, 0.05) is 93.6 Å². The van der Waals surface area contributed by atoms with Crippen molar-refractivity contribution in [3.05, 3.63) is 92.6 Å². The molecule has 0 unspecified atom stereocenters. The normalized spacial score (nSPS) is 19.2. The maximum atomic E-state index is 13.2. The van der Waals surface area contributed by atoms with Crippen LogP contribution in [0.15, 0.2) is 42.7 Å². The summed E-state index contributed by atoms with van der Waals surface area (Å²) in [5.74, 6) is 1.56.